The maximum atomic E-state index is 12.1. The molecular weight excluding hydrogens is 264 g/mol. The Morgan fingerprint density at radius 1 is 1.48 bits per heavy atom. The van der Waals surface area contributed by atoms with Gasteiger partial charge in [-0.05, 0) is 25.0 Å². The molecule has 1 atom stereocenters. The molecule has 5 nitrogen and oxygen atoms in total. The predicted octanol–water partition coefficient (Wildman–Crippen LogP) is 2.08. The van der Waals surface area contributed by atoms with Crippen molar-refractivity contribution in [2.75, 3.05) is 18.0 Å². The van der Waals surface area contributed by atoms with Crippen LogP contribution >= 0.6 is 0 Å². The summed E-state index contributed by atoms with van der Waals surface area (Å²) in [7, 11) is 0. The molecule has 0 spiro atoms. The summed E-state index contributed by atoms with van der Waals surface area (Å²) >= 11 is 0. The van der Waals surface area contributed by atoms with Crippen LogP contribution in [0.5, 0.6) is 0 Å². The summed E-state index contributed by atoms with van der Waals surface area (Å²) in [6.07, 6.45) is 3.61. The average Bonchev–Trinajstić information content (AvgIpc) is 2.46. The Hall–Kier alpha value is -2.09. The van der Waals surface area contributed by atoms with Gasteiger partial charge in [0.15, 0.2) is 0 Å². The number of nitrogens with zero attached hydrogens (tertiary/aromatic N) is 3. The first-order valence-electron chi connectivity index (χ1n) is 7.32. The van der Waals surface area contributed by atoms with Crippen LogP contribution in [0.4, 0.5) is 5.82 Å². The molecule has 1 aliphatic rings. The van der Waals surface area contributed by atoms with Gasteiger partial charge in [0.2, 0.25) is 5.91 Å². The minimum absolute atomic E-state index is 0.0853. The van der Waals surface area contributed by atoms with Crippen LogP contribution in [0, 0.1) is 16.7 Å². The summed E-state index contributed by atoms with van der Waals surface area (Å²) in [5.41, 5.74) is 0.197. The highest BCUT2D eigenvalue weighted by atomic mass is 16.2. The number of amides is 1. The zero-order valence-corrected chi connectivity index (χ0v) is 12.9. The second kappa shape index (κ2) is 6.13. The fourth-order valence-electron chi connectivity index (χ4n) is 2.34. The Balaban J connectivity index is 2.00. The molecule has 5 heteroatoms. The lowest BCUT2D eigenvalue weighted by Gasteiger charge is -2.35. The summed E-state index contributed by atoms with van der Waals surface area (Å²) in [4.78, 5) is 18.6. The molecule has 0 radical (unpaired) electrons. The molecule has 1 aromatic heterocycles. The number of nitrogens with one attached hydrogen (secondary N) is 1. The van der Waals surface area contributed by atoms with Crippen molar-refractivity contribution >= 4 is 11.7 Å². The molecule has 1 N–H and O–H groups in total. The third-order valence-corrected chi connectivity index (χ3v) is 3.64. The largest absolute Gasteiger partial charge is 0.355 e. The molecule has 0 aromatic carbocycles. The first-order chi connectivity index (χ1) is 9.90. The van der Waals surface area contributed by atoms with Crippen molar-refractivity contribution in [1.29, 1.82) is 5.26 Å². The lowest BCUT2D eigenvalue weighted by atomic mass is 9.94. The highest BCUT2D eigenvalue weighted by Gasteiger charge is 2.27. The SMILES string of the molecule is CC(C)(C)C(=O)NC1CCCN(c2ccc(C#N)cn2)C1. The number of carbonyl (C=O) groups is 1. The van der Waals surface area contributed by atoms with E-state index in [1.54, 1.807) is 12.3 Å². The van der Waals surface area contributed by atoms with E-state index in [2.05, 4.69) is 21.3 Å². The van der Waals surface area contributed by atoms with Crippen LogP contribution in [0.2, 0.25) is 0 Å². The zero-order chi connectivity index (χ0) is 15.5. The van der Waals surface area contributed by atoms with Gasteiger partial charge in [0.1, 0.15) is 11.9 Å². The second-order valence-electron chi connectivity index (χ2n) is 6.53. The molecule has 1 aliphatic heterocycles. The van der Waals surface area contributed by atoms with E-state index in [4.69, 9.17) is 5.26 Å². The Kier molecular flexibility index (Phi) is 4.46. The van der Waals surface area contributed by atoms with E-state index < -0.39 is 0 Å². The van der Waals surface area contributed by atoms with Gasteiger partial charge in [0.05, 0.1) is 5.56 Å². The van der Waals surface area contributed by atoms with E-state index in [-0.39, 0.29) is 17.4 Å². The number of piperidine rings is 1. The van der Waals surface area contributed by atoms with E-state index in [9.17, 15) is 4.79 Å². The van der Waals surface area contributed by atoms with Crippen LogP contribution in [-0.4, -0.2) is 30.0 Å². The quantitative estimate of drug-likeness (QED) is 0.903. The van der Waals surface area contributed by atoms with Gasteiger partial charge in [-0.3, -0.25) is 4.79 Å². The molecule has 0 saturated carbocycles. The van der Waals surface area contributed by atoms with E-state index in [0.29, 0.717) is 5.56 Å². The summed E-state index contributed by atoms with van der Waals surface area (Å²) < 4.78 is 0. The Morgan fingerprint density at radius 3 is 2.81 bits per heavy atom. The lowest BCUT2D eigenvalue weighted by Crippen LogP contribution is -2.50. The maximum absolute atomic E-state index is 12.1. The van der Waals surface area contributed by atoms with Crippen LogP contribution in [0.3, 0.4) is 0 Å². The number of pyridine rings is 1. The van der Waals surface area contributed by atoms with E-state index >= 15 is 0 Å². The van der Waals surface area contributed by atoms with Gasteiger partial charge in [0, 0.05) is 30.7 Å². The topological polar surface area (TPSA) is 69.0 Å². The third-order valence-electron chi connectivity index (χ3n) is 3.64. The van der Waals surface area contributed by atoms with Crippen LogP contribution in [-0.2, 0) is 4.79 Å². The van der Waals surface area contributed by atoms with Crippen LogP contribution in [0.1, 0.15) is 39.2 Å². The fourth-order valence-corrected chi connectivity index (χ4v) is 2.34. The van der Waals surface area contributed by atoms with Crippen molar-refractivity contribution in [1.82, 2.24) is 10.3 Å². The van der Waals surface area contributed by atoms with Gasteiger partial charge in [-0.15, -0.1) is 0 Å². The molecule has 1 amide bonds. The molecular formula is C16H22N4O. The normalized spacial score (nSPS) is 19.0. The molecule has 0 aliphatic carbocycles. The highest BCUT2D eigenvalue weighted by molar-refractivity contribution is 5.81. The van der Waals surface area contributed by atoms with E-state index in [1.165, 1.54) is 0 Å². The number of carbonyl (C=O) groups excluding carboxylic acids is 1. The van der Waals surface area contributed by atoms with Crippen molar-refractivity contribution < 1.29 is 4.79 Å². The molecule has 21 heavy (non-hydrogen) atoms. The number of hydrogen-bond donors (Lipinski definition) is 1. The Labute approximate surface area is 126 Å². The standard InChI is InChI=1S/C16H22N4O/c1-16(2,3)15(21)19-13-5-4-8-20(11-13)14-7-6-12(9-17)10-18-14/h6-7,10,13H,4-5,8,11H2,1-3H3,(H,19,21). The number of hydrogen-bond acceptors (Lipinski definition) is 4. The fraction of sp³-hybridized carbons (Fsp3) is 0.562. The van der Waals surface area contributed by atoms with Crippen LogP contribution in [0.25, 0.3) is 0 Å². The smallest absolute Gasteiger partial charge is 0.225 e. The van der Waals surface area contributed by atoms with Gasteiger partial charge >= 0.3 is 0 Å². The minimum Gasteiger partial charge on any atom is -0.355 e. The summed E-state index contributed by atoms with van der Waals surface area (Å²) in [6, 6.07) is 5.87. The van der Waals surface area contributed by atoms with Gasteiger partial charge < -0.3 is 10.2 Å². The zero-order valence-electron chi connectivity index (χ0n) is 12.9. The van der Waals surface area contributed by atoms with Gasteiger partial charge in [-0.1, -0.05) is 20.8 Å². The van der Waals surface area contributed by atoms with Crippen molar-refractivity contribution in [3.05, 3.63) is 23.9 Å². The van der Waals surface area contributed by atoms with E-state index in [0.717, 1.165) is 31.7 Å². The van der Waals surface area contributed by atoms with Crippen LogP contribution < -0.4 is 10.2 Å². The van der Waals surface area contributed by atoms with E-state index in [1.807, 2.05) is 26.8 Å². The second-order valence-corrected chi connectivity index (χ2v) is 6.53. The first kappa shape index (κ1) is 15.3. The summed E-state index contributed by atoms with van der Waals surface area (Å²) in [5, 5.41) is 11.9. The Bertz CT molecular complexity index is 539. The van der Waals surface area contributed by atoms with Crippen molar-refractivity contribution in [2.45, 2.75) is 39.7 Å². The number of aromatic nitrogens is 1. The first-order valence-corrected chi connectivity index (χ1v) is 7.32. The Morgan fingerprint density at radius 2 is 2.24 bits per heavy atom. The average molecular weight is 286 g/mol. The molecule has 1 fully saturated rings. The summed E-state index contributed by atoms with van der Waals surface area (Å²) in [6.45, 7) is 7.46. The maximum Gasteiger partial charge on any atom is 0.225 e. The molecule has 0 bridgehead atoms. The molecule has 1 aromatic rings. The van der Waals surface area contributed by atoms with Crippen LogP contribution in [0.15, 0.2) is 18.3 Å². The van der Waals surface area contributed by atoms with Crippen molar-refractivity contribution in [3.63, 3.8) is 0 Å². The highest BCUT2D eigenvalue weighted by Crippen LogP contribution is 2.20. The van der Waals surface area contributed by atoms with Gasteiger partial charge in [-0.25, -0.2) is 4.98 Å². The molecule has 2 heterocycles. The number of anilines is 1. The number of nitriles is 1. The lowest BCUT2D eigenvalue weighted by molar-refractivity contribution is -0.129. The molecule has 112 valence electrons. The molecule has 2 rings (SSSR count). The molecule has 1 saturated heterocycles. The van der Waals surface area contributed by atoms with Crippen molar-refractivity contribution in [2.24, 2.45) is 5.41 Å². The molecule has 1 unspecified atom stereocenters. The summed E-state index contributed by atoms with van der Waals surface area (Å²) in [5.74, 6) is 0.950. The van der Waals surface area contributed by atoms with Crippen molar-refractivity contribution in [3.8, 4) is 6.07 Å². The number of rotatable bonds is 2. The van der Waals surface area contributed by atoms with Gasteiger partial charge in [-0.2, -0.15) is 5.26 Å². The third kappa shape index (κ3) is 3.94. The minimum atomic E-state index is -0.366. The van der Waals surface area contributed by atoms with Gasteiger partial charge in [0.25, 0.3) is 0 Å². The monoisotopic (exact) mass is 286 g/mol. The predicted molar refractivity (Wildman–Crippen MR) is 81.8 cm³/mol.